The summed E-state index contributed by atoms with van der Waals surface area (Å²) in [5.74, 6) is -0.611. The van der Waals surface area contributed by atoms with E-state index in [2.05, 4.69) is 16.7 Å². The Balaban J connectivity index is 0.000000249. The number of nitrogens with zero attached hydrogens (tertiary/aromatic N) is 2. The summed E-state index contributed by atoms with van der Waals surface area (Å²) in [7, 11) is 0. The van der Waals surface area contributed by atoms with Crippen molar-refractivity contribution in [3.63, 3.8) is 0 Å². The van der Waals surface area contributed by atoms with Crippen molar-refractivity contribution in [2.75, 3.05) is 0 Å². The van der Waals surface area contributed by atoms with Crippen molar-refractivity contribution < 1.29 is 9.90 Å². The number of aliphatic imine (C=N–C) groups is 2. The molecule has 0 aromatic heterocycles. The predicted octanol–water partition coefficient (Wildman–Crippen LogP) is 2.12. The fourth-order valence-electron chi connectivity index (χ4n) is 0.537. The summed E-state index contributed by atoms with van der Waals surface area (Å²) in [6.45, 7) is 7.07. The molecule has 0 radical (unpaired) electrons. The molecule has 0 aromatic rings. The van der Waals surface area contributed by atoms with Gasteiger partial charge < -0.3 is 5.11 Å². The summed E-state index contributed by atoms with van der Waals surface area (Å²) < 4.78 is 0. The normalized spacial score (nSPS) is 16.0. The van der Waals surface area contributed by atoms with E-state index >= 15 is 0 Å². The van der Waals surface area contributed by atoms with Crippen LogP contribution in [-0.2, 0) is 4.79 Å². The zero-order valence-electron chi connectivity index (χ0n) is 8.60. The van der Waals surface area contributed by atoms with E-state index in [4.69, 9.17) is 5.11 Å². The Morgan fingerprint density at radius 2 is 2.14 bits per heavy atom. The maximum Gasteiger partial charge on any atom is 0.306 e. The number of carboxylic acids is 1. The lowest BCUT2D eigenvalue weighted by Gasteiger charge is -1.82. The molecular weight excluding hydrogens is 180 g/mol. The highest BCUT2D eigenvalue weighted by molar-refractivity contribution is 5.72. The highest BCUT2D eigenvalue weighted by Crippen LogP contribution is 2.28. The maximum absolute atomic E-state index is 9.76. The molecule has 1 aliphatic rings. The minimum absolute atomic E-state index is 0.0185. The van der Waals surface area contributed by atoms with Crippen LogP contribution in [-0.4, -0.2) is 24.1 Å². The first kappa shape index (κ1) is 12.6. The van der Waals surface area contributed by atoms with E-state index in [1.54, 1.807) is 0 Å². The first-order valence-corrected chi connectivity index (χ1v) is 4.46. The van der Waals surface area contributed by atoms with Gasteiger partial charge in [-0.3, -0.25) is 9.79 Å². The van der Waals surface area contributed by atoms with Crippen molar-refractivity contribution in [1.29, 1.82) is 0 Å². The van der Waals surface area contributed by atoms with E-state index in [-0.39, 0.29) is 5.92 Å². The summed E-state index contributed by atoms with van der Waals surface area (Å²) in [4.78, 5) is 17.1. The van der Waals surface area contributed by atoms with Crippen LogP contribution in [0.2, 0.25) is 0 Å². The molecule has 4 heteroatoms. The van der Waals surface area contributed by atoms with Gasteiger partial charge in [-0.1, -0.05) is 6.08 Å². The molecular formula is C10H16N2O2. The van der Waals surface area contributed by atoms with Crippen molar-refractivity contribution in [1.82, 2.24) is 0 Å². The summed E-state index contributed by atoms with van der Waals surface area (Å²) >= 11 is 0. The third-order valence-electron chi connectivity index (χ3n) is 1.69. The van der Waals surface area contributed by atoms with E-state index in [0.717, 1.165) is 18.5 Å². The molecule has 0 unspecified atom stereocenters. The Hall–Kier alpha value is -1.45. The molecule has 0 atom stereocenters. The minimum Gasteiger partial charge on any atom is -0.481 e. The predicted molar refractivity (Wildman–Crippen MR) is 57.8 cm³/mol. The minimum atomic E-state index is -0.630. The van der Waals surface area contributed by atoms with Gasteiger partial charge >= 0.3 is 5.97 Å². The molecule has 1 aliphatic carbocycles. The van der Waals surface area contributed by atoms with Crippen LogP contribution in [0.4, 0.5) is 0 Å². The van der Waals surface area contributed by atoms with E-state index in [1.807, 2.05) is 19.9 Å². The van der Waals surface area contributed by atoms with Crippen molar-refractivity contribution in [3.8, 4) is 0 Å². The van der Waals surface area contributed by atoms with Crippen LogP contribution in [0, 0.1) is 5.92 Å². The van der Waals surface area contributed by atoms with Crippen LogP contribution < -0.4 is 0 Å². The van der Waals surface area contributed by atoms with Crippen molar-refractivity contribution in [2.45, 2.75) is 26.7 Å². The fraction of sp³-hybridized carbons (Fsp3) is 0.500. The lowest BCUT2D eigenvalue weighted by molar-refractivity contribution is -0.138. The summed E-state index contributed by atoms with van der Waals surface area (Å²) in [5, 5.41) is 8.05. The van der Waals surface area contributed by atoms with Gasteiger partial charge in [-0.2, -0.15) is 0 Å². The fourth-order valence-corrected chi connectivity index (χ4v) is 0.537. The molecule has 0 saturated heterocycles. The summed E-state index contributed by atoms with van der Waals surface area (Å²) in [5.41, 5.74) is 0.956. The van der Waals surface area contributed by atoms with Gasteiger partial charge in [0.25, 0.3) is 0 Å². The Kier molecular flexibility index (Phi) is 6.28. The van der Waals surface area contributed by atoms with Gasteiger partial charge in [0.2, 0.25) is 0 Å². The standard InChI is InChI=1S/C6H10N2.C4H6O2/c1-4-6(2)8-5-7-3;5-4(6)3-1-2-3/h4-5H,3H2,1-2H3;3H,1-2H2,(H,5,6)/b6-4-,8-5?;. The number of hydrogen-bond donors (Lipinski definition) is 1. The number of hydrogen-bond acceptors (Lipinski definition) is 2. The van der Waals surface area contributed by atoms with Gasteiger partial charge in [0.1, 0.15) is 6.34 Å². The molecule has 1 saturated carbocycles. The van der Waals surface area contributed by atoms with Crippen LogP contribution in [0.3, 0.4) is 0 Å². The molecule has 0 amide bonds. The molecule has 78 valence electrons. The highest BCUT2D eigenvalue weighted by atomic mass is 16.4. The number of carboxylic acid groups (broad SMARTS) is 1. The van der Waals surface area contributed by atoms with Crippen LogP contribution in [0.15, 0.2) is 21.8 Å². The second-order valence-corrected chi connectivity index (χ2v) is 2.97. The first-order valence-electron chi connectivity index (χ1n) is 4.46. The molecule has 14 heavy (non-hydrogen) atoms. The SMILES string of the molecule is C=NC=N/C(C)=C\C.O=C(O)C1CC1. The number of aliphatic carboxylic acids is 1. The van der Waals surface area contributed by atoms with Gasteiger partial charge in [0, 0.05) is 5.70 Å². The molecule has 1 rings (SSSR count). The molecule has 0 aromatic carbocycles. The van der Waals surface area contributed by atoms with Gasteiger partial charge in [0.05, 0.1) is 5.92 Å². The largest absolute Gasteiger partial charge is 0.481 e. The molecule has 0 heterocycles. The van der Waals surface area contributed by atoms with Crippen molar-refractivity contribution >= 4 is 19.0 Å². The van der Waals surface area contributed by atoms with Crippen LogP contribution in [0.25, 0.3) is 0 Å². The molecule has 0 spiro atoms. The summed E-state index contributed by atoms with van der Waals surface area (Å²) in [6, 6.07) is 0. The van der Waals surface area contributed by atoms with Gasteiger partial charge in [-0.25, -0.2) is 4.99 Å². The Morgan fingerprint density at radius 3 is 2.36 bits per heavy atom. The second kappa shape index (κ2) is 7.00. The van der Waals surface area contributed by atoms with Gasteiger partial charge in [0.15, 0.2) is 0 Å². The first-order chi connectivity index (χ1) is 6.61. The Morgan fingerprint density at radius 1 is 1.57 bits per heavy atom. The smallest absolute Gasteiger partial charge is 0.306 e. The highest BCUT2D eigenvalue weighted by Gasteiger charge is 2.28. The molecule has 4 nitrogen and oxygen atoms in total. The van der Waals surface area contributed by atoms with Crippen LogP contribution in [0.1, 0.15) is 26.7 Å². The second-order valence-electron chi connectivity index (χ2n) is 2.97. The Bertz CT molecular complexity index is 253. The molecule has 0 bridgehead atoms. The average Bonchev–Trinajstić information content (AvgIpc) is 2.98. The zero-order chi connectivity index (χ0) is 11.0. The third-order valence-corrected chi connectivity index (χ3v) is 1.69. The van der Waals surface area contributed by atoms with E-state index in [0.29, 0.717) is 0 Å². The lowest BCUT2D eigenvalue weighted by Crippen LogP contribution is -1.94. The summed E-state index contributed by atoms with van der Waals surface area (Å²) in [6.07, 6.45) is 5.13. The molecule has 1 N–H and O–H groups in total. The number of allylic oxidation sites excluding steroid dienone is 2. The van der Waals surface area contributed by atoms with E-state index < -0.39 is 5.97 Å². The average molecular weight is 196 g/mol. The molecule has 1 fully saturated rings. The van der Waals surface area contributed by atoms with Crippen molar-refractivity contribution in [2.24, 2.45) is 15.9 Å². The number of rotatable bonds is 3. The van der Waals surface area contributed by atoms with Gasteiger partial charge in [-0.05, 0) is 33.4 Å². The third kappa shape index (κ3) is 7.21. The van der Waals surface area contributed by atoms with E-state index in [1.165, 1.54) is 6.34 Å². The topological polar surface area (TPSA) is 62.0 Å². The van der Waals surface area contributed by atoms with E-state index in [9.17, 15) is 4.79 Å². The van der Waals surface area contributed by atoms with Gasteiger partial charge in [-0.15, -0.1) is 0 Å². The Labute approximate surface area is 84.1 Å². The number of carbonyl (C=O) groups is 1. The maximum atomic E-state index is 9.76. The quantitative estimate of drug-likeness (QED) is 0.555. The monoisotopic (exact) mass is 196 g/mol. The lowest BCUT2D eigenvalue weighted by atomic mass is 10.5. The zero-order valence-corrected chi connectivity index (χ0v) is 8.60. The molecule has 0 aliphatic heterocycles. The van der Waals surface area contributed by atoms with Crippen molar-refractivity contribution in [3.05, 3.63) is 11.8 Å². The van der Waals surface area contributed by atoms with Crippen LogP contribution >= 0.6 is 0 Å². The van der Waals surface area contributed by atoms with Crippen LogP contribution in [0.5, 0.6) is 0 Å².